The maximum absolute atomic E-state index is 12.9. The van der Waals surface area contributed by atoms with Gasteiger partial charge in [0.2, 0.25) is 10.0 Å². The van der Waals surface area contributed by atoms with Crippen molar-refractivity contribution in [2.24, 2.45) is 5.92 Å². The van der Waals surface area contributed by atoms with Crippen LogP contribution in [0.2, 0.25) is 0 Å². The largest absolute Gasteiger partial charge is 0.352 e. The van der Waals surface area contributed by atoms with E-state index in [1.165, 1.54) is 10.6 Å². The summed E-state index contributed by atoms with van der Waals surface area (Å²) in [5.74, 6) is -0.285. The Morgan fingerprint density at radius 2 is 1.62 bits per heavy atom. The Labute approximate surface area is 179 Å². The smallest absolute Gasteiger partial charge is 0.252 e. The summed E-state index contributed by atoms with van der Waals surface area (Å²) in [6.07, 6.45) is 2.62. The average Bonchev–Trinajstić information content (AvgIpc) is 2.71. The molecular weight excluding hydrogens is 456 g/mol. The van der Waals surface area contributed by atoms with Crippen LogP contribution in [-0.2, 0) is 10.0 Å². The molecule has 29 heavy (non-hydrogen) atoms. The van der Waals surface area contributed by atoms with Crippen LogP contribution in [0.4, 0.5) is 0 Å². The second-order valence-corrected chi connectivity index (χ2v) is 10.1. The summed E-state index contributed by atoms with van der Waals surface area (Å²) in [5.41, 5.74) is 1.22. The molecule has 0 radical (unpaired) electrons. The zero-order valence-corrected chi connectivity index (χ0v) is 18.5. The molecule has 1 heterocycles. The highest BCUT2D eigenvalue weighted by Crippen LogP contribution is 2.20. The highest BCUT2D eigenvalue weighted by Gasteiger charge is 2.25. The lowest BCUT2D eigenvalue weighted by Crippen LogP contribution is -2.41. The van der Waals surface area contributed by atoms with Crippen molar-refractivity contribution < 1.29 is 18.0 Å². The molecule has 1 aliphatic heterocycles. The normalized spacial score (nSPS) is 15.8. The van der Waals surface area contributed by atoms with Crippen LogP contribution in [0.3, 0.4) is 0 Å². The second kappa shape index (κ2) is 9.19. The minimum absolute atomic E-state index is 0.204. The number of carbonyl (C=O) groups excluding carboxylic acids is 2. The highest BCUT2D eigenvalue weighted by molar-refractivity contribution is 9.10. The lowest BCUT2D eigenvalue weighted by Gasteiger charge is -2.30. The van der Waals surface area contributed by atoms with Crippen molar-refractivity contribution >= 4 is 37.6 Å². The molecule has 2 aromatic carbocycles. The van der Waals surface area contributed by atoms with Crippen LogP contribution in [0, 0.1) is 5.92 Å². The predicted octanol–water partition coefficient (Wildman–Crippen LogP) is 3.08. The summed E-state index contributed by atoms with van der Waals surface area (Å²) in [5, 5.41) is 2.91. The standard InChI is InChI=1S/C21H23BrN2O4S/c1-29(27,28)24-12-10-15(11-13-24)14-23-21(26)19-5-3-2-4-18(19)20(25)16-6-8-17(22)9-7-16/h2-9,15H,10-14H2,1H3,(H,23,26). The van der Waals surface area contributed by atoms with Gasteiger partial charge in [0.1, 0.15) is 0 Å². The second-order valence-electron chi connectivity index (χ2n) is 7.20. The molecule has 1 fully saturated rings. The first-order valence-corrected chi connectivity index (χ1v) is 12.0. The van der Waals surface area contributed by atoms with Gasteiger partial charge in [0, 0.05) is 35.2 Å². The summed E-state index contributed by atoms with van der Waals surface area (Å²) in [6, 6.07) is 13.8. The summed E-state index contributed by atoms with van der Waals surface area (Å²) in [7, 11) is -3.16. The quantitative estimate of drug-likeness (QED) is 0.646. The average molecular weight is 479 g/mol. The maximum Gasteiger partial charge on any atom is 0.252 e. The number of benzene rings is 2. The highest BCUT2D eigenvalue weighted by atomic mass is 79.9. The van der Waals surface area contributed by atoms with Gasteiger partial charge in [0.15, 0.2) is 5.78 Å². The fourth-order valence-corrected chi connectivity index (χ4v) is 4.55. The first kappa shape index (κ1) is 21.7. The molecular formula is C21H23BrN2O4S. The van der Waals surface area contributed by atoms with Gasteiger partial charge in [-0.1, -0.05) is 34.1 Å². The lowest BCUT2D eigenvalue weighted by atomic mass is 9.96. The molecule has 1 amide bonds. The van der Waals surface area contributed by atoms with Gasteiger partial charge < -0.3 is 5.32 Å². The van der Waals surface area contributed by atoms with E-state index in [0.29, 0.717) is 49.2 Å². The molecule has 154 valence electrons. The van der Waals surface area contributed by atoms with Crippen molar-refractivity contribution in [2.75, 3.05) is 25.9 Å². The van der Waals surface area contributed by atoms with Crippen molar-refractivity contribution in [1.82, 2.24) is 9.62 Å². The number of ketones is 1. The van der Waals surface area contributed by atoms with E-state index < -0.39 is 10.0 Å². The molecule has 0 saturated carbocycles. The van der Waals surface area contributed by atoms with E-state index in [9.17, 15) is 18.0 Å². The number of nitrogens with one attached hydrogen (secondary N) is 1. The molecule has 0 aromatic heterocycles. The minimum Gasteiger partial charge on any atom is -0.352 e. The maximum atomic E-state index is 12.9. The minimum atomic E-state index is -3.16. The van der Waals surface area contributed by atoms with E-state index in [1.807, 2.05) is 0 Å². The monoisotopic (exact) mass is 478 g/mol. The van der Waals surface area contributed by atoms with E-state index in [-0.39, 0.29) is 17.6 Å². The number of rotatable bonds is 6. The third kappa shape index (κ3) is 5.52. The summed E-state index contributed by atoms with van der Waals surface area (Å²) in [4.78, 5) is 25.6. The lowest BCUT2D eigenvalue weighted by molar-refractivity contribution is 0.0931. The molecule has 3 rings (SSSR count). The van der Waals surface area contributed by atoms with Crippen LogP contribution in [0.15, 0.2) is 53.0 Å². The molecule has 0 spiro atoms. The van der Waals surface area contributed by atoms with Crippen LogP contribution in [0.1, 0.15) is 39.1 Å². The molecule has 8 heteroatoms. The van der Waals surface area contributed by atoms with Gasteiger partial charge >= 0.3 is 0 Å². The first-order chi connectivity index (χ1) is 13.8. The number of amides is 1. The van der Waals surface area contributed by atoms with Crippen LogP contribution in [-0.4, -0.2) is 50.3 Å². The van der Waals surface area contributed by atoms with Gasteiger partial charge in [-0.25, -0.2) is 12.7 Å². The number of sulfonamides is 1. The molecule has 0 bridgehead atoms. The SMILES string of the molecule is CS(=O)(=O)N1CCC(CNC(=O)c2ccccc2C(=O)c2ccc(Br)cc2)CC1. The molecule has 0 aliphatic carbocycles. The Morgan fingerprint density at radius 1 is 1.03 bits per heavy atom. The number of hydrogen-bond acceptors (Lipinski definition) is 4. The summed E-state index contributed by atoms with van der Waals surface area (Å²) >= 11 is 3.35. The van der Waals surface area contributed by atoms with Crippen molar-refractivity contribution in [3.05, 3.63) is 69.7 Å². The Hall–Kier alpha value is -2.03. The van der Waals surface area contributed by atoms with Crippen molar-refractivity contribution in [1.29, 1.82) is 0 Å². The van der Waals surface area contributed by atoms with Crippen LogP contribution in [0.25, 0.3) is 0 Å². The Balaban J connectivity index is 1.65. The Kier molecular flexibility index (Phi) is 6.87. The topological polar surface area (TPSA) is 83.6 Å². The molecule has 0 unspecified atom stereocenters. The Bertz CT molecular complexity index is 998. The Morgan fingerprint density at radius 3 is 2.21 bits per heavy atom. The van der Waals surface area contributed by atoms with Crippen molar-refractivity contribution in [3.8, 4) is 0 Å². The van der Waals surface area contributed by atoms with Gasteiger partial charge in [-0.15, -0.1) is 0 Å². The van der Waals surface area contributed by atoms with Gasteiger partial charge in [-0.3, -0.25) is 9.59 Å². The number of carbonyl (C=O) groups is 2. The summed E-state index contributed by atoms with van der Waals surface area (Å²) < 4.78 is 25.6. The number of halogens is 1. The third-order valence-electron chi connectivity index (χ3n) is 5.12. The molecule has 1 aliphatic rings. The van der Waals surface area contributed by atoms with Gasteiger partial charge in [0.05, 0.1) is 11.8 Å². The number of nitrogens with zero attached hydrogens (tertiary/aromatic N) is 1. The van der Waals surface area contributed by atoms with Crippen molar-refractivity contribution in [3.63, 3.8) is 0 Å². The van der Waals surface area contributed by atoms with E-state index in [2.05, 4.69) is 21.2 Å². The zero-order chi connectivity index (χ0) is 21.0. The first-order valence-electron chi connectivity index (χ1n) is 9.38. The predicted molar refractivity (Wildman–Crippen MR) is 115 cm³/mol. The van der Waals surface area contributed by atoms with E-state index >= 15 is 0 Å². The van der Waals surface area contributed by atoms with E-state index in [0.717, 1.165) is 4.47 Å². The third-order valence-corrected chi connectivity index (χ3v) is 6.95. The fraction of sp³-hybridized carbons (Fsp3) is 0.333. The zero-order valence-electron chi connectivity index (χ0n) is 16.1. The van der Waals surface area contributed by atoms with E-state index in [1.54, 1.807) is 48.5 Å². The number of hydrogen-bond donors (Lipinski definition) is 1. The van der Waals surface area contributed by atoms with Gasteiger partial charge in [-0.05, 0) is 49.1 Å². The molecule has 1 N–H and O–H groups in total. The van der Waals surface area contributed by atoms with E-state index in [4.69, 9.17) is 0 Å². The van der Waals surface area contributed by atoms with Crippen LogP contribution in [0.5, 0.6) is 0 Å². The molecule has 2 aromatic rings. The van der Waals surface area contributed by atoms with Gasteiger partial charge in [0.25, 0.3) is 5.91 Å². The summed E-state index contributed by atoms with van der Waals surface area (Å²) in [6.45, 7) is 1.40. The fourth-order valence-electron chi connectivity index (χ4n) is 3.41. The van der Waals surface area contributed by atoms with Crippen LogP contribution < -0.4 is 5.32 Å². The number of piperidine rings is 1. The molecule has 6 nitrogen and oxygen atoms in total. The van der Waals surface area contributed by atoms with Gasteiger partial charge in [-0.2, -0.15) is 0 Å². The molecule has 0 atom stereocenters. The van der Waals surface area contributed by atoms with Crippen LogP contribution >= 0.6 is 15.9 Å². The molecule has 1 saturated heterocycles. The van der Waals surface area contributed by atoms with Crippen molar-refractivity contribution in [2.45, 2.75) is 12.8 Å².